The minimum atomic E-state index is 0.0413. The molecular weight excluding hydrogens is 430 g/mol. The number of aryl methyl sites for hydroxylation is 1. The summed E-state index contributed by atoms with van der Waals surface area (Å²) in [7, 11) is 5.68. The molecule has 3 aromatic rings. The second-order valence-corrected chi connectivity index (χ2v) is 8.76. The maximum Gasteiger partial charge on any atom is 0.223 e. The summed E-state index contributed by atoms with van der Waals surface area (Å²) in [5, 5.41) is 8.93. The highest BCUT2D eigenvalue weighted by molar-refractivity contribution is 6.30. The van der Waals surface area contributed by atoms with E-state index in [0.717, 1.165) is 46.2 Å². The lowest BCUT2D eigenvalue weighted by molar-refractivity contribution is 0.396. The Balaban J connectivity index is 1.63. The number of hydrogen-bond acceptors (Lipinski definition) is 9. The van der Waals surface area contributed by atoms with Crippen LogP contribution in [0.4, 0.5) is 11.8 Å². The van der Waals surface area contributed by atoms with E-state index in [1.165, 1.54) is 0 Å². The van der Waals surface area contributed by atoms with Crippen molar-refractivity contribution in [1.29, 1.82) is 0 Å². The number of rotatable bonds is 7. The second-order valence-electron chi connectivity index (χ2n) is 8.40. The number of pyridine rings is 1. The number of ether oxygens (including phenoxy) is 1. The van der Waals surface area contributed by atoms with Crippen molar-refractivity contribution in [2.24, 2.45) is 0 Å². The summed E-state index contributed by atoms with van der Waals surface area (Å²) in [5.41, 5.74) is 10.6. The normalized spacial score (nSPS) is 15.5. The molecule has 1 aliphatic heterocycles. The summed E-state index contributed by atoms with van der Waals surface area (Å²) in [6.45, 7) is 6.59. The van der Waals surface area contributed by atoms with Gasteiger partial charge in [-0.2, -0.15) is 4.98 Å². The molecule has 0 saturated carbocycles. The van der Waals surface area contributed by atoms with Crippen LogP contribution in [0.15, 0.2) is 12.4 Å². The third-order valence-electron chi connectivity index (χ3n) is 5.61. The predicted molar refractivity (Wildman–Crippen MR) is 123 cm³/mol. The van der Waals surface area contributed by atoms with Crippen molar-refractivity contribution >= 4 is 23.4 Å². The first-order valence-corrected chi connectivity index (χ1v) is 10.7. The number of aromatic nitrogens is 6. The number of methoxy groups -OCH3 is 1. The number of anilines is 2. The lowest BCUT2D eigenvalue weighted by atomic mass is 10.1. The topological polar surface area (TPSA) is 111 Å². The van der Waals surface area contributed by atoms with Crippen molar-refractivity contribution in [3.05, 3.63) is 45.6 Å². The van der Waals surface area contributed by atoms with Crippen LogP contribution in [0.3, 0.4) is 0 Å². The zero-order chi connectivity index (χ0) is 23.0. The van der Waals surface area contributed by atoms with Gasteiger partial charge in [-0.1, -0.05) is 16.8 Å². The lowest BCUT2D eigenvalue weighted by Gasteiger charge is -2.21. The monoisotopic (exact) mass is 457 g/mol. The van der Waals surface area contributed by atoms with Crippen molar-refractivity contribution in [2.75, 3.05) is 38.4 Å². The lowest BCUT2D eigenvalue weighted by Crippen LogP contribution is -2.25. The molecule has 3 aromatic heterocycles. The Labute approximate surface area is 192 Å². The Morgan fingerprint density at radius 3 is 2.78 bits per heavy atom. The molecule has 0 fully saturated rings. The molecule has 11 heteroatoms. The average Bonchev–Trinajstić information content (AvgIpc) is 3.28. The number of hydrogen-bond donors (Lipinski definition) is 1. The Morgan fingerprint density at radius 1 is 1.28 bits per heavy atom. The smallest absolute Gasteiger partial charge is 0.223 e. The van der Waals surface area contributed by atoms with Crippen LogP contribution in [0.25, 0.3) is 0 Å². The van der Waals surface area contributed by atoms with E-state index in [9.17, 15) is 0 Å². The summed E-state index contributed by atoms with van der Waals surface area (Å²) in [6.07, 6.45) is 3.80. The van der Waals surface area contributed by atoms with E-state index < -0.39 is 0 Å². The van der Waals surface area contributed by atoms with Crippen molar-refractivity contribution in [3.63, 3.8) is 0 Å². The molecule has 4 heterocycles. The zero-order valence-corrected chi connectivity index (χ0v) is 19.8. The highest BCUT2D eigenvalue weighted by Gasteiger charge is 2.34. The molecule has 0 saturated heterocycles. The maximum atomic E-state index is 6.53. The molecular formula is C21H28ClN9O. The van der Waals surface area contributed by atoms with Crippen molar-refractivity contribution in [1.82, 2.24) is 34.8 Å². The molecule has 2 N–H and O–H groups in total. The molecule has 10 nitrogen and oxygen atoms in total. The summed E-state index contributed by atoms with van der Waals surface area (Å²) in [5.74, 6) is 1.78. The molecule has 0 bridgehead atoms. The highest BCUT2D eigenvalue weighted by Crippen LogP contribution is 2.41. The van der Waals surface area contributed by atoms with E-state index in [-0.39, 0.29) is 11.9 Å². The summed E-state index contributed by atoms with van der Waals surface area (Å²) in [4.78, 5) is 17.6. The fraction of sp³-hybridized carbons (Fsp3) is 0.476. The molecule has 0 amide bonds. The van der Waals surface area contributed by atoms with Crippen molar-refractivity contribution in [2.45, 2.75) is 39.4 Å². The summed E-state index contributed by atoms with van der Waals surface area (Å²) < 4.78 is 7.42. The molecule has 1 aliphatic rings. The minimum absolute atomic E-state index is 0.0413. The average molecular weight is 458 g/mol. The summed E-state index contributed by atoms with van der Waals surface area (Å²) in [6, 6.07) is 0. The number of fused-ring (bicyclic) bond motifs is 1. The second kappa shape index (κ2) is 8.87. The van der Waals surface area contributed by atoms with Crippen molar-refractivity contribution in [3.8, 4) is 5.75 Å². The van der Waals surface area contributed by atoms with Crippen LogP contribution in [0.2, 0.25) is 5.15 Å². The van der Waals surface area contributed by atoms with Crippen LogP contribution in [0.1, 0.15) is 34.0 Å². The Bertz CT molecular complexity index is 1130. The predicted octanol–water partition coefficient (Wildman–Crippen LogP) is 2.19. The highest BCUT2D eigenvalue weighted by atomic mass is 35.5. The molecule has 1 atom stereocenters. The van der Waals surface area contributed by atoms with Gasteiger partial charge in [-0.3, -0.25) is 9.67 Å². The van der Waals surface area contributed by atoms with E-state index >= 15 is 0 Å². The quantitative estimate of drug-likeness (QED) is 0.533. The molecule has 4 rings (SSSR count). The van der Waals surface area contributed by atoms with Crippen LogP contribution >= 0.6 is 11.6 Å². The number of nitrogen functional groups attached to an aromatic ring is 1. The van der Waals surface area contributed by atoms with E-state index in [4.69, 9.17) is 22.1 Å². The van der Waals surface area contributed by atoms with Gasteiger partial charge in [-0.25, -0.2) is 4.98 Å². The van der Waals surface area contributed by atoms with Crippen LogP contribution < -0.4 is 15.4 Å². The first-order valence-electron chi connectivity index (χ1n) is 10.4. The van der Waals surface area contributed by atoms with Crippen LogP contribution in [-0.4, -0.2) is 62.6 Å². The van der Waals surface area contributed by atoms with Gasteiger partial charge < -0.3 is 20.3 Å². The first kappa shape index (κ1) is 22.2. The third-order valence-corrected chi connectivity index (χ3v) is 5.90. The van der Waals surface area contributed by atoms with Gasteiger partial charge in [0.15, 0.2) is 0 Å². The van der Waals surface area contributed by atoms with Gasteiger partial charge in [0.25, 0.3) is 0 Å². The Morgan fingerprint density at radius 2 is 2.06 bits per heavy atom. The largest absolute Gasteiger partial charge is 0.496 e. The number of nitrogens with zero attached hydrogens (tertiary/aromatic N) is 8. The Kier molecular flexibility index (Phi) is 6.16. The van der Waals surface area contributed by atoms with Gasteiger partial charge in [0.2, 0.25) is 5.95 Å². The maximum absolute atomic E-state index is 6.53. The number of halogens is 1. The third kappa shape index (κ3) is 4.33. The fourth-order valence-electron chi connectivity index (χ4n) is 4.23. The zero-order valence-electron chi connectivity index (χ0n) is 19.0. The van der Waals surface area contributed by atoms with Crippen LogP contribution in [0.5, 0.6) is 5.75 Å². The van der Waals surface area contributed by atoms with Gasteiger partial charge in [-0.15, -0.1) is 5.10 Å². The van der Waals surface area contributed by atoms with Crippen molar-refractivity contribution < 1.29 is 4.74 Å². The van der Waals surface area contributed by atoms with E-state index in [1.54, 1.807) is 7.11 Å². The molecule has 1 unspecified atom stereocenters. The molecule has 170 valence electrons. The van der Waals surface area contributed by atoms with Gasteiger partial charge in [0, 0.05) is 48.1 Å². The van der Waals surface area contributed by atoms with Gasteiger partial charge in [-0.05, 0) is 27.9 Å². The molecule has 32 heavy (non-hydrogen) atoms. The molecule has 0 spiro atoms. The standard InChI is InChI=1S/C21H28ClN9O/c1-12-6-24-16(13(2)18(12)32-5)11-30-7-14(17-19(22)25-21(23)26-20(17)30)8-31-10-15(27-28-31)9-29(3)4/h6,10,14H,7-9,11H2,1-5H3,(H2,23,25,26). The van der Waals surface area contributed by atoms with Gasteiger partial charge in [0.05, 0.1) is 31.6 Å². The SMILES string of the molecule is COc1c(C)cnc(CN2CC(Cn3cc(CN(C)C)nn3)c3c(Cl)nc(N)nc32)c1C. The van der Waals surface area contributed by atoms with E-state index in [0.29, 0.717) is 24.8 Å². The van der Waals surface area contributed by atoms with Gasteiger partial charge >= 0.3 is 0 Å². The fourth-order valence-corrected chi connectivity index (χ4v) is 4.56. The van der Waals surface area contributed by atoms with Crippen LogP contribution in [0, 0.1) is 13.8 Å². The molecule has 0 radical (unpaired) electrons. The van der Waals surface area contributed by atoms with Gasteiger partial charge in [0.1, 0.15) is 16.7 Å². The van der Waals surface area contributed by atoms with E-state index in [2.05, 4.69) is 35.1 Å². The van der Waals surface area contributed by atoms with E-state index in [1.807, 2.05) is 45.0 Å². The minimum Gasteiger partial charge on any atom is -0.496 e. The molecule has 0 aromatic carbocycles. The number of nitrogens with two attached hydrogens (primary N) is 1. The Hall–Kier alpha value is -2.98. The van der Waals surface area contributed by atoms with Crippen LogP contribution in [-0.2, 0) is 19.6 Å². The first-order chi connectivity index (χ1) is 15.3. The summed E-state index contributed by atoms with van der Waals surface area (Å²) >= 11 is 6.53. The molecule has 0 aliphatic carbocycles.